The lowest BCUT2D eigenvalue weighted by Crippen LogP contribution is -2.38. The second-order valence-corrected chi connectivity index (χ2v) is 7.38. The summed E-state index contributed by atoms with van der Waals surface area (Å²) in [7, 11) is -3.99. The van der Waals surface area contributed by atoms with E-state index in [4.69, 9.17) is 4.74 Å². The van der Waals surface area contributed by atoms with Crippen molar-refractivity contribution in [2.75, 3.05) is 6.54 Å². The highest BCUT2D eigenvalue weighted by molar-refractivity contribution is 7.89. The molecule has 0 heterocycles. The van der Waals surface area contributed by atoms with E-state index in [-0.39, 0.29) is 11.4 Å². The molecule has 1 amide bonds. The summed E-state index contributed by atoms with van der Waals surface area (Å²) < 4.78 is 43.8. The van der Waals surface area contributed by atoms with Crippen LogP contribution < -0.4 is 10.0 Å². The number of esters is 1. The summed E-state index contributed by atoms with van der Waals surface area (Å²) in [6, 6.07) is 13.3. The lowest BCUT2D eigenvalue weighted by molar-refractivity contribution is -0.153. The van der Waals surface area contributed by atoms with Gasteiger partial charge in [-0.05, 0) is 36.8 Å². The maximum absolute atomic E-state index is 12.9. The zero-order chi connectivity index (χ0) is 19.9. The van der Waals surface area contributed by atoms with E-state index < -0.39 is 40.4 Å². The molecule has 0 spiro atoms. The Morgan fingerprint density at radius 3 is 2.33 bits per heavy atom. The molecule has 2 aromatic carbocycles. The predicted octanol–water partition coefficient (Wildman–Crippen LogP) is 1.35. The van der Waals surface area contributed by atoms with Gasteiger partial charge in [0, 0.05) is 6.54 Å². The first-order valence-corrected chi connectivity index (χ1v) is 9.52. The molecule has 0 radical (unpaired) electrons. The maximum Gasteiger partial charge on any atom is 0.321 e. The number of sulfonamides is 1. The average Bonchev–Trinajstić information content (AvgIpc) is 2.65. The van der Waals surface area contributed by atoms with E-state index in [9.17, 15) is 22.4 Å². The highest BCUT2D eigenvalue weighted by Gasteiger charge is 2.20. The van der Waals surface area contributed by atoms with Gasteiger partial charge < -0.3 is 10.1 Å². The molecule has 7 nitrogen and oxygen atoms in total. The number of rotatable bonds is 8. The number of hydrogen-bond donors (Lipinski definition) is 2. The maximum atomic E-state index is 12.9. The second kappa shape index (κ2) is 9.24. The van der Waals surface area contributed by atoms with E-state index in [0.717, 1.165) is 29.8 Å². The van der Waals surface area contributed by atoms with Crippen LogP contribution in [0.1, 0.15) is 12.5 Å². The molecule has 0 bridgehead atoms. The Hall–Kier alpha value is -2.78. The molecule has 2 rings (SSSR count). The zero-order valence-electron chi connectivity index (χ0n) is 14.5. The average molecular weight is 394 g/mol. The molecule has 0 aromatic heterocycles. The molecule has 0 saturated carbocycles. The Kier molecular flexibility index (Phi) is 7.03. The number of carbonyl (C=O) groups excluding carboxylic acids is 2. The third kappa shape index (κ3) is 6.46. The number of nitrogens with one attached hydrogen (secondary N) is 2. The minimum absolute atomic E-state index is 0.189. The molecule has 9 heteroatoms. The van der Waals surface area contributed by atoms with Crippen molar-refractivity contribution >= 4 is 21.9 Å². The molecule has 0 fully saturated rings. The monoisotopic (exact) mass is 394 g/mol. The molecular weight excluding hydrogens is 375 g/mol. The Labute approximate surface area is 156 Å². The summed E-state index contributed by atoms with van der Waals surface area (Å²) in [6.45, 7) is 1.00. The summed E-state index contributed by atoms with van der Waals surface area (Å²) in [5.41, 5.74) is 0.886. The van der Waals surface area contributed by atoms with Gasteiger partial charge in [0.15, 0.2) is 6.10 Å². The molecule has 0 saturated heterocycles. The Bertz CT molecular complexity index is 886. The molecule has 27 heavy (non-hydrogen) atoms. The highest BCUT2D eigenvalue weighted by atomic mass is 32.2. The predicted molar refractivity (Wildman–Crippen MR) is 95.4 cm³/mol. The fraction of sp³-hybridized carbons (Fsp3) is 0.222. The van der Waals surface area contributed by atoms with Crippen LogP contribution in [0.2, 0.25) is 0 Å². The van der Waals surface area contributed by atoms with E-state index in [1.54, 1.807) is 0 Å². The fourth-order valence-corrected chi connectivity index (χ4v) is 3.04. The van der Waals surface area contributed by atoms with Gasteiger partial charge in [0.25, 0.3) is 5.91 Å². The lowest BCUT2D eigenvalue weighted by Gasteiger charge is -2.14. The van der Waals surface area contributed by atoms with Gasteiger partial charge >= 0.3 is 5.97 Å². The quantitative estimate of drug-likeness (QED) is 0.658. The van der Waals surface area contributed by atoms with Crippen molar-refractivity contribution in [3.05, 3.63) is 66.0 Å². The molecule has 0 aliphatic carbocycles. The Morgan fingerprint density at radius 1 is 1.07 bits per heavy atom. The van der Waals surface area contributed by atoms with Gasteiger partial charge in [-0.2, -0.15) is 4.72 Å². The SMILES string of the molecule is C[C@@H](OC(=O)CNS(=O)(=O)c1ccc(F)cc1)C(=O)NCc1ccccc1. The van der Waals surface area contributed by atoms with E-state index in [1.807, 2.05) is 35.1 Å². The largest absolute Gasteiger partial charge is 0.452 e. The minimum Gasteiger partial charge on any atom is -0.452 e. The van der Waals surface area contributed by atoms with Gasteiger partial charge in [0.1, 0.15) is 12.4 Å². The normalized spacial score (nSPS) is 12.2. The smallest absolute Gasteiger partial charge is 0.321 e. The fourth-order valence-electron chi connectivity index (χ4n) is 2.07. The second-order valence-electron chi connectivity index (χ2n) is 5.61. The van der Waals surface area contributed by atoms with Crippen molar-refractivity contribution in [2.24, 2.45) is 0 Å². The van der Waals surface area contributed by atoms with Gasteiger partial charge in [0.05, 0.1) is 4.90 Å². The molecule has 2 N–H and O–H groups in total. The van der Waals surface area contributed by atoms with Crippen LogP contribution in [0.4, 0.5) is 4.39 Å². The highest BCUT2D eigenvalue weighted by Crippen LogP contribution is 2.09. The van der Waals surface area contributed by atoms with Gasteiger partial charge in [-0.3, -0.25) is 9.59 Å². The van der Waals surface area contributed by atoms with Gasteiger partial charge in [-0.1, -0.05) is 30.3 Å². The van der Waals surface area contributed by atoms with Crippen molar-refractivity contribution in [1.82, 2.24) is 10.0 Å². The number of amides is 1. The van der Waals surface area contributed by atoms with Crippen LogP contribution in [0.5, 0.6) is 0 Å². The molecule has 144 valence electrons. The van der Waals surface area contributed by atoms with Crippen LogP contribution in [0.3, 0.4) is 0 Å². The first-order valence-electron chi connectivity index (χ1n) is 8.04. The molecule has 0 unspecified atom stereocenters. The van der Waals surface area contributed by atoms with Crippen LogP contribution in [0.15, 0.2) is 59.5 Å². The lowest BCUT2D eigenvalue weighted by atomic mass is 10.2. The summed E-state index contributed by atoms with van der Waals surface area (Å²) in [6.07, 6.45) is -1.09. The van der Waals surface area contributed by atoms with Gasteiger partial charge in [-0.25, -0.2) is 12.8 Å². The standard InChI is InChI=1S/C18H19FN2O5S/c1-13(18(23)20-11-14-5-3-2-4-6-14)26-17(22)12-21-27(24,25)16-9-7-15(19)8-10-16/h2-10,13,21H,11-12H2,1H3,(H,20,23)/t13-/m1/s1. The first kappa shape index (κ1) is 20.5. The van der Waals surface area contributed by atoms with Crippen LogP contribution >= 0.6 is 0 Å². The summed E-state index contributed by atoms with van der Waals surface area (Å²) in [4.78, 5) is 23.5. The Morgan fingerprint density at radius 2 is 1.70 bits per heavy atom. The third-order valence-electron chi connectivity index (χ3n) is 3.52. The van der Waals surface area contributed by atoms with E-state index in [2.05, 4.69) is 5.32 Å². The number of benzene rings is 2. The van der Waals surface area contributed by atoms with Crippen molar-refractivity contribution < 1.29 is 27.1 Å². The number of hydrogen-bond acceptors (Lipinski definition) is 5. The van der Waals surface area contributed by atoms with E-state index in [1.165, 1.54) is 6.92 Å². The minimum atomic E-state index is -3.99. The summed E-state index contributed by atoms with van der Waals surface area (Å²) in [5, 5.41) is 2.62. The summed E-state index contributed by atoms with van der Waals surface area (Å²) in [5.74, 6) is -2.00. The van der Waals surface area contributed by atoms with Gasteiger partial charge in [0.2, 0.25) is 10.0 Å². The summed E-state index contributed by atoms with van der Waals surface area (Å²) >= 11 is 0. The molecule has 0 aliphatic heterocycles. The van der Waals surface area contributed by atoms with Crippen molar-refractivity contribution in [3.8, 4) is 0 Å². The molecular formula is C18H19FN2O5S. The van der Waals surface area contributed by atoms with Gasteiger partial charge in [-0.15, -0.1) is 0 Å². The third-order valence-corrected chi connectivity index (χ3v) is 4.93. The topological polar surface area (TPSA) is 102 Å². The first-order chi connectivity index (χ1) is 12.8. The number of carbonyl (C=O) groups is 2. The van der Waals surface area contributed by atoms with Crippen LogP contribution in [0.25, 0.3) is 0 Å². The van der Waals surface area contributed by atoms with Crippen molar-refractivity contribution in [3.63, 3.8) is 0 Å². The van der Waals surface area contributed by atoms with Crippen molar-refractivity contribution in [2.45, 2.75) is 24.5 Å². The van der Waals surface area contributed by atoms with Crippen LogP contribution in [-0.2, 0) is 30.9 Å². The number of ether oxygens (including phenoxy) is 1. The van der Waals surface area contributed by atoms with Crippen LogP contribution in [-0.4, -0.2) is 32.9 Å². The van der Waals surface area contributed by atoms with E-state index >= 15 is 0 Å². The van der Waals surface area contributed by atoms with E-state index in [0.29, 0.717) is 0 Å². The Balaban J connectivity index is 1.80. The number of halogens is 1. The molecule has 1 atom stereocenters. The molecule has 2 aromatic rings. The van der Waals surface area contributed by atoms with Crippen LogP contribution in [0, 0.1) is 5.82 Å². The van der Waals surface area contributed by atoms with Crippen molar-refractivity contribution in [1.29, 1.82) is 0 Å². The zero-order valence-corrected chi connectivity index (χ0v) is 15.3. The molecule has 0 aliphatic rings.